The maximum absolute atomic E-state index is 11.8. The van der Waals surface area contributed by atoms with Gasteiger partial charge in [0.2, 0.25) is 0 Å². The van der Waals surface area contributed by atoms with Crippen LogP contribution in [0.1, 0.15) is 18.1 Å². The van der Waals surface area contributed by atoms with E-state index >= 15 is 0 Å². The predicted octanol–water partition coefficient (Wildman–Crippen LogP) is 3.18. The van der Waals surface area contributed by atoms with Gasteiger partial charge in [-0.2, -0.15) is 0 Å². The van der Waals surface area contributed by atoms with Gasteiger partial charge < -0.3 is 15.9 Å². The highest BCUT2D eigenvalue weighted by Crippen LogP contribution is 2.10. The molecular weight excluding hydrogens is 314 g/mol. The van der Waals surface area contributed by atoms with Crippen molar-refractivity contribution in [2.75, 3.05) is 11.9 Å². The Kier molecular flexibility index (Phi) is 6.00. The SMILES string of the molecule is CCc1ccc(NC(=O)CO/N=C(\N)c2ccc(Cl)cc2)cc1. The lowest BCUT2D eigenvalue weighted by atomic mass is 10.1. The normalized spacial score (nSPS) is 11.1. The number of nitrogens with one attached hydrogen (secondary N) is 1. The molecule has 2 rings (SSSR count). The van der Waals surface area contributed by atoms with Gasteiger partial charge in [0.05, 0.1) is 0 Å². The Morgan fingerprint density at radius 2 is 1.83 bits per heavy atom. The summed E-state index contributed by atoms with van der Waals surface area (Å²) < 4.78 is 0. The van der Waals surface area contributed by atoms with Gasteiger partial charge >= 0.3 is 0 Å². The Morgan fingerprint density at radius 3 is 2.43 bits per heavy atom. The first-order valence-corrected chi connectivity index (χ1v) is 7.56. The van der Waals surface area contributed by atoms with Crippen molar-refractivity contribution in [2.24, 2.45) is 10.9 Å². The number of carbonyl (C=O) groups is 1. The Balaban J connectivity index is 1.83. The standard InChI is InChI=1S/C17H18ClN3O2/c1-2-12-3-9-15(10-4-12)20-16(22)11-23-21-17(19)13-5-7-14(18)8-6-13/h3-10H,2,11H2,1H3,(H2,19,21)(H,20,22). The first-order chi connectivity index (χ1) is 11.1. The molecule has 0 spiro atoms. The molecule has 0 unspecified atom stereocenters. The van der Waals surface area contributed by atoms with Crippen molar-refractivity contribution in [1.29, 1.82) is 0 Å². The molecule has 0 aliphatic heterocycles. The first kappa shape index (κ1) is 16.8. The van der Waals surface area contributed by atoms with E-state index in [4.69, 9.17) is 22.2 Å². The molecule has 2 aromatic rings. The monoisotopic (exact) mass is 331 g/mol. The lowest BCUT2D eigenvalue weighted by Gasteiger charge is -2.06. The number of nitrogens with two attached hydrogens (primary N) is 1. The van der Waals surface area contributed by atoms with Gasteiger partial charge in [0.15, 0.2) is 12.4 Å². The molecule has 0 aliphatic rings. The number of benzene rings is 2. The summed E-state index contributed by atoms with van der Waals surface area (Å²) in [6, 6.07) is 14.5. The van der Waals surface area contributed by atoms with Crippen molar-refractivity contribution in [3.8, 4) is 0 Å². The third-order valence-corrected chi connectivity index (χ3v) is 3.40. The Morgan fingerprint density at radius 1 is 1.17 bits per heavy atom. The molecule has 120 valence electrons. The van der Waals surface area contributed by atoms with E-state index in [1.54, 1.807) is 24.3 Å². The summed E-state index contributed by atoms with van der Waals surface area (Å²) in [6.07, 6.45) is 0.954. The quantitative estimate of drug-likeness (QED) is 0.485. The van der Waals surface area contributed by atoms with E-state index in [2.05, 4.69) is 17.4 Å². The number of hydrogen-bond donors (Lipinski definition) is 2. The third-order valence-electron chi connectivity index (χ3n) is 3.14. The van der Waals surface area contributed by atoms with Crippen LogP contribution in [-0.4, -0.2) is 18.3 Å². The Labute approximate surface area is 140 Å². The second-order valence-electron chi connectivity index (χ2n) is 4.86. The molecule has 0 bridgehead atoms. The summed E-state index contributed by atoms with van der Waals surface area (Å²) in [5.74, 6) is -0.122. The van der Waals surface area contributed by atoms with Crippen LogP contribution in [-0.2, 0) is 16.1 Å². The Bertz CT molecular complexity index is 682. The van der Waals surface area contributed by atoms with Gasteiger partial charge in [0.25, 0.3) is 5.91 Å². The molecule has 6 heteroatoms. The molecule has 3 N–H and O–H groups in total. The van der Waals surface area contributed by atoms with Crippen LogP contribution >= 0.6 is 11.6 Å². The van der Waals surface area contributed by atoms with E-state index in [1.807, 2.05) is 24.3 Å². The fourth-order valence-electron chi connectivity index (χ4n) is 1.85. The number of oxime groups is 1. The maximum atomic E-state index is 11.8. The minimum Gasteiger partial charge on any atom is -0.384 e. The summed E-state index contributed by atoms with van der Waals surface area (Å²) >= 11 is 5.79. The highest BCUT2D eigenvalue weighted by atomic mass is 35.5. The van der Waals surface area contributed by atoms with Gasteiger partial charge in [-0.15, -0.1) is 0 Å². The average molecular weight is 332 g/mol. The second kappa shape index (κ2) is 8.19. The minimum atomic E-state index is -0.304. The van der Waals surface area contributed by atoms with Crippen molar-refractivity contribution >= 4 is 29.0 Å². The molecule has 0 saturated carbocycles. The molecule has 0 radical (unpaired) electrons. The van der Waals surface area contributed by atoms with Gasteiger partial charge in [-0.1, -0.05) is 35.8 Å². The number of carbonyl (C=O) groups excluding carboxylic acids is 1. The molecule has 0 heterocycles. The van der Waals surface area contributed by atoms with E-state index in [-0.39, 0.29) is 18.3 Å². The molecule has 0 aliphatic carbocycles. The van der Waals surface area contributed by atoms with Crippen LogP contribution in [0.3, 0.4) is 0 Å². The molecule has 0 fully saturated rings. The number of rotatable bonds is 6. The molecule has 23 heavy (non-hydrogen) atoms. The summed E-state index contributed by atoms with van der Waals surface area (Å²) in [6.45, 7) is 1.86. The molecule has 0 aromatic heterocycles. The summed E-state index contributed by atoms with van der Waals surface area (Å²) in [4.78, 5) is 16.7. The smallest absolute Gasteiger partial charge is 0.265 e. The van der Waals surface area contributed by atoms with Crippen molar-refractivity contribution in [2.45, 2.75) is 13.3 Å². The molecule has 0 saturated heterocycles. The number of hydrogen-bond acceptors (Lipinski definition) is 3. The fourth-order valence-corrected chi connectivity index (χ4v) is 1.98. The van der Waals surface area contributed by atoms with E-state index < -0.39 is 0 Å². The highest BCUT2D eigenvalue weighted by molar-refractivity contribution is 6.30. The van der Waals surface area contributed by atoms with Crippen LogP contribution in [0.15, 0.2) is 53.7 Å². The number of aryl methyl sites for hydroxylation is 1. The van der Waals surface area contributed by atoms with Crippen LogP contribution in [0.4, 0.5) is 5.69 Å². The van der Waals surface area contributed by atoms with Crippen LogP contribution in [0.5, 0.6) is 0 Å². The Hall–Kier alpha value is -2.53. The molecule has 0 atom stereocenters. The van der Waals surface area contributed by atoms with Gasteiger partial charge in [-0.05, 0) is 48.4 Å². The molecule has 2 aromatic carbocycles. The molecule has 5 nitrogen and oxygen atoms in total. The van der Waals surface area contributed by atoms with Crippen LogP contribution in [0.25, 0.3) is 0 Å². The van der Waals surface area contributed by atoms with Crippen molar-refractivity contribution in [3.63, 3.8) is 0 Å². The van der Waals surface area contributed by atoms with Gasteiger partial charge in [0.1, 0.15) is 0 Å². The topological polar surface area (TPSA) is 76.7 Å². The number of amidine groups is 1. The third kappa shape index (κ3) is 5.30. The second-order valence-corrected chi connectivity index (χ2v) is 5.29. The summed E-state index contributed by atoms with van der Waals surface area (Å²) in [5.41, 5.74) is 8.36. The zero-order chi connectivity index (χ0) is 16.7. The van der Waals surface area contributed by atoms with Gasteiger partial charge in [-0.3, -0.25) is 4.79 Å². The van der Waals surface area contributed by atoms with Gasteiger partial charge in [0, 0.05) is 16.3 Å². The highest BCUT2D eigenvalue weighted by Gasteiger charge is 2.04. The van der Waals surface area contributed by atoms with E-state index in [0.717, 1.165) is 6.42 Å². The van der Waals surface area contributed by atoms with Crippen LogP contribution in [0, 0.1) is 0 Å². The molecule has 1 amide bonds. The average Bonchev–Trinajstić information content (AvgIpc) is 2.56. The predicted molar refractivity (Wildman–Crippen MR) is 92.6 cm³/mol. The number of nitrogens with zero attached hydrogens (tertiary/aromatic N) is 1. The zero-order valence-electron chi connectivity index (χ0n) is 12.8. The van der Waals surface area contributed by atoms with Crippen LogP contribution < -0.4 is 11.1 Å². The van der Waals surface area contributed by atoms with E-state index in [9.17, 15) is 4.79 Å². The van der Waals surface area contributed by atoms with E-state index in [0.29, 0.717) is 16.3 Å². The number of amides is 1. The van der Waals surface area contributed by atoms with Crippen molar-refractivity contribution in [1.82, 2.24) is 0 Å². The van der Waals surface area contributed by atoms with Crippen molar-refractivity contribution in [3.05, 3.63) is 64.7 Å². The molecular formula is C17H18ClN3O2. The van der Waals surface area contributed by atoms with Gasteiger partial charge in [-0.25, -0.2) is 0 Å². The first-order valence-electron chi connectivity index (χ1n) is 7.18. The largest absolute Gasteiger partial charge is 0.384 e. The maximum Gasteiger partial charge on any atom is 0.265 e. The fraction of sp³-hybridized carbons (Fsp3) is 0.176. The summed E-state index contributed by atoms with van der Waals surface area (Å²) in [7, 11) is 0. The lowest BCUT2D eigenvalue weighted by molar-refractivity contribution is -0.120. The minimum absolute atomic E-state index is 0.182. The summed E-state index contributed by atoms with van der Waals surface area (Å²) in [5, 5.41) is 7.05. The number of halogens is 1. The zero-order valence-corrected chi connectivity index (χ0v) is 13.5. The lowest BCUT2D eigenvalue weighted by Crippen LogP contribution is -2.19. The number of anilines is 1. The van der Waals surface area contributed by atoms with E-state index in [1.165, 1.54) is 5.56 Å². The van der Waals surface area contributed by atoms with Crippen LogP contribution in [0.2, 0.25) is 5.02 Å². The van der Waals surface area contributed by atoms with Crippen molar-refractivity contribution < 1.29 is 9.63 Å².